The minimum absolute atomic E-state index is 0. The molecule has 0 spiro atoms. The molecule has 0 fully saturated rings. The third-order valence-corrected chi connectivity index (χ3v) is 5.90. The van der Waals surface area contributed by atoms with E-state index >= 15 is 0 Å². The van der Waals surface area contributed by atoms with Crippen LogP contribution in [0.3, 0.4) is 0 Å². The van der Waals surface area contributed by atoms with E-state index in [2.05, 4.69) is 59.9 Å². The van der Waals surface area contributed by atoms with Gasteiger partial charge in [-0.2, -0.15) is 0 Å². The molecule has 1 aliphatic heterocycles. The van der Waals surface area contributed by atoms with Crippen LogP contribution in [0.2, 0.25) is 0 Å². The van der Waals surface area contributed by atoms with Gasteiger partial charge in [-0.15, -0.1) is 12.4 Å². The average molecular weight is 364 g/mol. The van der Waals surface area contributed by atoms with Crippen molar-refractivity contribution in [2.75, 3.05) is 6.54 Å². The lowest BCUT2D eigenvalue weighted by Crippen LogP contribution is -2.39. The van der Waals surface area contributed by atoms with Gasteiger partial charge in [-0.05, 0) is 53.3 Å². The monoisotopic (exact) mass is 363 g/mol. The zero-order chi connectivity index (χ0) is 16.8. The maximum Gasteiger partial charge on any atom is 0.168 e. The first-order valence-corrected chi connectivity index (χ1v) is 9.19. The van der Waals surface area contributed by atoms with Crippen molar-refractivity contribution in [3.05, 3.63) is 82.9 Å². The summed E-state index contributed by atoms with van der Waals surface area (Å²) in [5.41, 5.74) is 4.88. The van der Waals surface area contributed by atoms with E-state index in [1.54, 1.807) is 0 Å². The molecule has 2 nitrogen and oxygen atoms in total. The van der Waals surface area contributed by atoms with Gasteiger partial charge >= 0.3 is 0 Å². The van der Waals surface area contributed by atoms with Gasteiger partial charge in [0.1, 0.15) is 0 Å². The molecule has 3 aromatic rings. The van der Waals surface area contributed by atoms with E-state index in [-0.39, 0.29) is 24.4 Å². The molecule has 1 heterocycles. The van der Waals surface area contributed by atoms with Gasteiger partial charge in [0.15, 0.2) is 5.78 Å². The predicted octanol–water partition coefficient (Wildman–Crippen LogP) is 4.89. The summed E-state index contributed by atoms with van der Waals surface area (Å²) >= 11 is 0. The number of benzene rings is 3. The fourth-order valence-electron chi connectivity index (χ4n) is 4.68. The van der Waals surface area contributed by atoms with Crippen molar-refractivity contribution in [1.29, 1.82) is 0 Å². The first-order valence-electron chi connectivity index (χ1n) is 9.19. The lowest BCUT2D eigenvalue weighted by atomic mass is 9.74. The van der Waals surface area contributed by atoms with Crippen molar-refractivity contribution in [2.24, 2.45) is 5.92 Å². The highest BCUT2D eigenvalue weighted by atomic mass is 35.5. The van der Waals surface area contributed by atoms with Gasteiger partial charge in [0, 0.05) is 17.5 Å². The van der Waals surface area contributed by atoms with Gasteiger partial charge in [-0.25, -0.2) is 0 Å². The zero-order valence-electron chi connectivity index (χ0n) is 14.6. The molecule has 2 atom stereocenters. The van der Waals surface area contributed by atoms with E-state index in [0.717, 1.165) is 31.4 Å². The van der Waals surface area contributed by atoms with Crippen LogP contribution in [0.25, 0.3) is 10.8 Å². The Bertz CT molecular complexity index is 981. The van der Waals surface area contributed by atoms with Crippen LogP contribution in [0, 0.1) is 5.92 Å². The van der Waals surface area contributed by atoms with E-state index < -0.39 is 0 Å². The van der Waals surface area contributed by atoms with Gasteiger partial charge in [-0.1, -0.05) is 60.7 Å². The second kappa shape index (κ2) is 6.86. The van der Waals surface area contributed by atoms with E-state index in [9.17, 15) is 4.79 Å². The van der Waals surface area contributed by atoms with Crippen LogP contribution in [0.5, 0.6) is 0 Å². The maximum absolute atomic E-state index is 13.3. The maximum atomic E-state index is 13.3. The summed E-state index contributed by atoms with van der Waals surface area (Å²) < 4.78 is 0. The second-order valence-electron chi connectivity index (χ2n) is 7.20. The molecule has 132 valence electrons. The molecule has 0 amide bonds. The lowest BCUT2D eigenvalue weighted by molar-refractivity contribution is 0.0864. The Kier molecular flexibility index (Phi) is 4.56. The summed E-state index contributed by atoms with van der Waals surface area (Å²) in [6, 6.07) is 21.3. The molecule has 26 heavy (non-hydrogen) atoms. The Hall–Kier alpha value is -2.16. The molecule has 2 aliphatic rings. The quantitative estimate of drug-likeness (QED) is 0.666. The fourth-order valence-corrected chi connectivity index (χ4v) is 4.68. The van der Waals surface area contributed by atoms with E-state index in [1.807, 2.05) is 6.07 Å². The van der Waals surface area contributed by atoms with Crippen LogP contribution in [0.4, 0.5) is 0 Å². The third kappa shape index (κ3) is 2.65. The molecule has 0 saturated carbocycles. The Morgan fingerprint density at radius 2 is 1.69 bits per heavy atom. The Labute approximate surface area is 160 Å². The molecule has 2 unspecified atom stereocenters. The highest BCUT2D eigenvalue weighted by Crippen LogP contribution is 2.39. The number of nitrogens with one attached hydrogen (secondary N) is 1. The van der Waals surface area contributed by atoms with Gasteiger partial charge in [-0.3, -0.25) is 4.79 Å². The third-order valence-electron chi connectivity index (χ3n) is 5.90. The standard InChI is InChI=1S/C23H21NO.ClH/c25-23-20-10-9-15-5-1-3-7-17(15)19(20)11-12-21(23)22-18-8-4-2-6-16(18)13-14-24-22;/h1-10,21-22,24H,11-14H2;1H. The summed E-state index contributed by atoms with van der Waals surface area (Å²) in [6.07, 6.45) is 2.95. The fraction of sp³-hybridized carbons (Fsp3) is 0.261. The molecule has 0 bridgehead atoms. The van der Waals surface area contributed by atoms with Crippen molar-refractivity contribution < 1.29 is 4.79 Å². The molecule has 0 saturated heterocycles. The smallest absolute Gasteiger partial charge is 0.168 e. The molecule has 0 radical (unpaired) electrons. The Balaban J connectivity index is 0.00000168. The van der Waals surface area contributed by atoms with Crippen LogP contribution >= 0.6 is 12.4 Å². The number of aryl methyl sites for hydroxylation is 1. The SMILES string of the molecule is Cl.O=C1c2ccc3ccccc3c2CCC1C1NCCc2ccccc21. The number of hydrogen-bond donors (Lipinski definition) is 1. The Morgan fingerprint density at radius 3 is 2.62 bits per heavy atom. The molecule has 3 heteroatoms. The predicted molar refractivity (Wildman–Crippen MR) is 108 cm³/mol. The first-order chi connectivity index (χ1) is 12.3. The summed E-state index contributed by atoms with van der Waals surface area (Å²) in [5, 5.41) is 6.09. The average Bonchev–Trinajstić information content (AvgIpc) is 2.68. The van der Waals surface area contributed by atoms with Crippen molar-refractivity contribution in [3.63, 3.8) is 0 Å². The van der Waals surface area contributed by atoms with Gasteiger partial charge in [0.05, 0.1) is 0 Å². The largest absolute Gasteiger partial charge is 0.309 e. The molecule has 5 rings (SSSR count). The molecular weight excluding hydrogens is 342 g/mol. The molecule has 0 aromatic heterocycles. The van der Waals surface area contributed by atoms with Crippen LogP contribution in [0.1, 0.15) is 39.5 Å². The minimum Gasteiger partial charge on any atom is -0.309 e. The number of rotatable bonds is 1. The first kappa shape index (κ1) is 17.3. The number of halogens is 1. The van der Waals surface area contributed by atoms with Crippen LogP contribution in [-0.2, 0) is 12.8 Å². The van der Waals surface area contributed by atoms with Crippen LogP contribution in [0.15, 0.2) is 60.7 Å². The summed E-state index contributed by atoms with van der Waals surface area (Å²) in [7, 11) is 0. The number of carbonyl (C=O) groups excluding carboxylic acids is 1. The normalized spacial score (nSPS) is 21.6. The topological polar surface area (TPSA) is 29.1 Å². The molecule has 3 aromatic carbocycles. The lowest BCUT2D eigenvalue weighted by Gasteiger charge is -2.35. The molecule has 1 aliphatic carbocycles. The van der Waals surface area contributed by atoms with Gasteiger partial charge in [0.2, 0.25) is 0 Å². The number of Topliss-reactive ketones (excluding diaryl/α,β-unsaturated/α-hetero) is 1. The highest BCUT2D eigenvalue weighted by molar-refractivity contribution is 6.05. The van der Waals surface area contributed by atoms with E-state index in [1.165, 1.54) is 27.5 Å². The number of hydrogen-bond acceptors (Lipinski definition) is 2. The number of carbonyl (C=O) groups is 1. The van der Waals surface area contributed by atoms with E-state index in [4.69, 9.17) is 0 Å². The second-order valence-corrected chi connectivity index (χ2v) is 7.20. The number of fused-ring (bicyclic) bond motifs is 4. The number of ketones is 1. The Morgan fingerprint density at radius 1 is 0.885 bits per heavy atom. The van der Waals surface area contributed by atoms with Crippen molar-refractivity contribution in [3.8, 4) is 0 Å². The van der Waals surface area contributed by atoms with Gasteiger partial charge in [0.25, 0.3) is 0 Å². The summed E-state index contributed by atoms with van der Waals surface area (Å²) in [5.74, 6) is 0.344. The zero-order valence-corrected chi connectivity index (χ0v) is 15.4. The molecular formula is C23H22ClNO. The highest BCUT2D eigenvalue weighted by Gasteiger charge is 2.36. The van der Waals surface area contributed by atoms with Crippen molar-refractivity contribution in [2.45, 2.75) is 25.3 Å². The minimum atomic E-state index is 0. The van der Waals surface area contributed by atoms with Crippen LogP contribution < -0.4 is 5.32 Å². The van der Waals surface area contributed by atoms with Crippen molar-refractivity contribution >= 4 is 29.0 Å². The summed E-state index contributed by atoms with van der Waals surface area (Å²) in [6.45, 7) is 0.954. The van der Waals surface area contributed by atoms with Crippen molar-refractivity contribution in [1.82, 2.24) is 5.32 Å². The van der Waals surface area contributed by atoms with Crippen LogP contribution in [-0.4, -0.2) is 12.3 Å². The summed E-state index contributed by atoms with van der Waals surface area (Å²) in [4.78, 5) is 13.3. The van der Waals surface area contributed by atoms with E-state index in [0.29, 0.717) is 5.78 Å². The molecule has 1 N–H and O–H groups in total. The van der Waals surface area contributed by atoms with Gasteiger partial charge < -0.3 is 5.32 Å².